The molecule has 2 unspecified atom stereocenters. The lowest BCUT2D eigenvalue weighted by atomic mass is 10.1. The molecule has 1 aliphatic heterocycles. The van der Waals surface area contributed by atoms with Gasteiger partial charge in [-0.25, -0.2) is 4.79 Å². The number of aliphatic hydroxyl groups is 1. The van der Waals surface area contributed by atoms with Gasteiger partial charge in [0.1, 0.15) is 6.61 Å². The van der Waals surface area contributed by atoms with E-state index >= 15 is 0 Å². The molecule has 2 atom stereocenters. The van der Waals surface area contributed by atoms with Gasteiger partial charge in [-0.1, -0.05) is 30.3 Å². The Kier molecular flexibility index (Phi) is 4.44. The van der Waals surface area contributed by atoms with Gasteiger partial charge in [0.25, 0.3) is 0 Å². The molecule has 1 aromatic rings. The molecule has 1 saturated heterocycles. The van der Waals surface area contributed by atoms with Crippen molar-refractivity contribution >= 4 is 17.7 Å². The van der Waals surface area contributed by atoms with Crippen molar-refractivity contribution in [2.24, 2.45) is 0 Å². The summed E-state index contributed by atoms with van der Waals surface area (Å²) < 4.78 is 5.20. The highest BCUT2D eigenvalue weighted by atomic mass is 35.5. The quantitative estimate of drug-likeness (QED) is 0.836. The first-order valence-corrected chi connectivity index (χ1v) is 6.38. The van der Waals surface area contributed by atoms with Crippen molar-refractivity contribution in [3.63, 3.8) is 0 Å². The number of rotatable bonds is 2. The van der Waals surface area contributed by atoms with E-state index in [0.29, 0.717) is 19.5 Å². The van der Waals surface area contributed by atoms with E-state index < -0.39 is 11.5 Å². The number of nitrogens with zero attached hydrogens (tertiary/aromatic N) is 1. The molecule has 5 heteroatoms. The third-order valence-corrected chi connectivity index (χ3v) is 3.40. The van der Waals surface area contributed by atoms with Crippen LogP contribution in [0.25, 0.3) is 0 Å². The molecule has 0 saturated carbocycles. The summed E-state index contributed by atoms with van der Waals surface area (Å²) in [6, 6.07) is 9.51. The van der Waals surface area contributed by atoms with E-state index in [1.54, 1.807) is 0 Å². The second-order valence-corrected chi connectivity index (χ2v) is 4.92. The number of piperidine rings is 1. The van der Waals surface area contributed by atoms with E-state index in [-0.39, 0.29) is 12.7 Å². The van der Waals surface area contributed by atoms with Gasteiger partial charge in [0.15, 0.2) is 0 Å². The Morgan fingerprint density at radius 1 is 1.44 bits per heavy atom. The molecule has 0 radical (unpaired) electrons. The molecule has 1 heterocycles. The summed E-state index contributed by atoms with van der Waals surface area (Å²) in [7, 11) is 0. The number of amides is 1. The Balaban J connectivity index is 1.82. The van der Waals surface area contributed by atoms with Crippen LogP contribution < -0.4 is 0 Å². The van der Waals surface area contributed by atoms with Crippen LogP contribution in [-0.2, 0) is 11.3 Å². The minimum atomic E-state index is -0.537. The van der Waals surface area contributed by atoms with E-state index in [1.165, 1.54) is 4.90 Å². The van der Waals surface area contributed by atoms with Crippen molar-refractivity contribution in [3.8, 4) is 0 Å². The van der Waals surface area contributed by atoms with E-state index in [0.717, 1.165) is 5.56 Å². The molecule has 1 N–H and O–H groups in total. The molecule has 1 aliphatic rings. The van der Waals surface area contributed by atoms with Gasteiger partial charge in [0.2, 0.25) is 0 Å². The summed E-state index contributed by atoms with van der Waals surface area (Å²) in [6.45, 7) is 1.07. The summed E-state index contributed by atoms with van der Waals surface area (Å²) in [5.41, 5.74) is 0.949. The largest absolute Gasteiger partial charge is 0.445 e. The fourth-order valence-corrected chi connectivity index (χ4v) is 2.16. The Morgan fingerprint density at radius 2 is 2.17 bits per heavy atom. The molecular weight excluding hydrogens is 254 g/mol. The van der Waals surface area contributed by atoms with Crippen LogP contribution in [0.1, 0.15) is 12.0 Å². The summed E-state index contributed by atoms with van der Waals surface area (Å²) in [6.07, 6.45) is -0.421. The fourth-order valence-electron chi connectivity index (χ4n) is 1.87. The highest BCUT2D eigenvalue weighted by Gasteiger charge is 2.29. The van der Waals surface area contributed by atoms with Crippen LogP contribution in [0.15, 0.2) is 30.3 Å². The zero-order valence-corrected chi connectivity index (χ0v) is 10.7. The van der Waals surface area contributed by atoms with E-state index in [9.17, 15) is 9.90 Å². The zero-order valence-electron chi connectivity index (χ0n) is 9.96. The lowest BCUT2D eigenvalue weighted by Gasteiger charge is -2.32. The maximum atomic E-state index is 11.8. The molecule has 2 rings (SSSR count). The standard InChI is InChI=1S/C13H16ClNO3/c14-11-8-15(7-6-12(11)16)13(17)18-9-10-4-2-1-3-5-10/h1-5,11-12,16H,6-9H2. The number of likely N-dealkylation sites (tertiary alicyclic amines) is 1. The molecule has 1 amide bonds. The van der Waals surface area contributed by atoms with Gasteiger partial charge in [-0.3, -0.25) is 0 Å². The minimum absolute atomic E-state index is 0.256. The number of benzene rings is 1. The van der Waals surface area contributed by atoms with Crippen molar-refractivity contribution < 1.29 is 14.6 Å². The van der Waals surface area contributed by atoms with Crippen molar-refractivity contribution in [3.05, 3.63) is 35.9 Å². The summed E-state index contributed by atoms with van der Waals surface area (Å²) in [5.74, 6) is 0. The maximum Gasteiger partial charge on any atom is 0.410 e. The number of alkyl halides is 1. The second-order valence-electron chi connectivity index (χ2n) is 4.36. The predicted octanol–water partition coefficient (Wildman–Crippen LogP) is 2.00. The minimum Gasteiger partial charge on any atom is -0.445 e. The van der Waals surface area contributed by atoms with Crippen LogP contribution in [0.2, 0.25) is 0 Å². The molecule has 0 spiro atoms. The van der Waals surface area contributed by atoms with Crippen molar-refractivity contribution in [1.29, 1.82) is 0 Å². The number of carbonyl (C=O) groups excluding carboxylic acids is 1. The second kappa shape index (κ2) is 6.07. The monoisotopic (exact) mass is 269 g/mol. The van der Waals surface area contributed by atoms with Gasteiger partial charge in [-0.2, -0.15) is 0 Å². The number of carbonyl (C=O) groups is 1. The Labute approximate surface area is 111 Å². The normalized spacial score (nSPS) is 23.8. The Morgan fingerprint density at radius 3 is 2.83 bits per heavy atom. The lowest BCUT2D eigenvalue weighted by Crippen LogP contribution is -2.46. The lowest BCUT2D eigenvalue weighted by molar-refractivity contribution is 0.0583. The molecule has 18 heavy (non-hydrogen) atoms. The van der Waals surface area contributed by atoms with Crippen LogP contribution in [-0.4, -0.2) is 40.7 Å². The number of halogens is 1. The third kappa shape index (κ3) is 3.37. The van der Waals surface area contributed by atoms with Gasteiger partial charge in [-0.15, -0.1) is 11.6 Å². The van der Waals surface area contributed by atoms with Gasteiger partial charge in [-0.05, 0) is 12.0 Å². The average Bonchev–Trinajstić information content (AvgIpc) is 2.40. The predicted molar refractivity (Wildman–Crippen MR) is 68.5 cm³/mol. The first-order chi connectivity index (χ1) is 8.66. The van der Waals surface area contributed by atoms with Crippen molar-refractivity contribution in [1.82, 2.24) is 4.90 Å². The highest BCUT2D eigenvalue weighted by Crippen LogP contribution is 2.17. The Hall–Kier alpha value is -1.26. The molecule has 98 valence electrons. The number of hydrogen-bond donors (Lipinski definition) is 1. The SMILES string of the molecule is O=C(OCc1ccccc1)N1CCC(O)C(Cl)C1. The first-order valence-electron chi connectivity index (χ1n) is 5.94. The van der Waals surface area contributed by atoms with Crippen molar-refractivity contribution in [2.75, 3.05) is 13.1 Å². The summed E-state index contributed by atoms with van der Waals surface area (Å²) in [5, 5.41) is 9.06. The van der Waals surface area contributed by atoms with E-state index in [4.69, 9.17) is 16.3 Å². The zero-order chi connectivity index (χ0) is 13.0. The molecule has 4 nitrogen and oxygen atoms in total. The highest BCUT2D eigenvalue weighted by molar-refractivity contribution is 6.21. The van der Waals surface area contributed by atoms with Crippen LogP contribution >= 0.6 is 11.6 Å². The van der Waals surface area contributed by atoms with Gasteiger partial charge in [0, 0.05) is 13.1 Å². The number of aliphatic hydroxyl groups excluding tert-OH is 1. The van der Waals surface area contributed by atoms with E-state index in [1.807, 2.05) is 30.3 Å². The van der Waals surface area contributed by atoms with Crippen LogP contribution in [0.4, 0.5) is 4.79 Å². The van der Waals surface area contributed by atoms with Gasteiger partial charge in [0.05, 0.1) is 11.5 Å². The summed E-state index contributed by atoms with van der Waals surface area (Å²) in [4.78, 5) is 13.3. The smallest absolute Gasteiger partial charge is 0.410 e. The maximum absolute atomic E-state index is 11.8. The molecule has 1 aromatic carbocycles. The molecule has 0 bridgehead atoms. The van der Waals surface area contributed by atoms with Crippen LogP contribution in [0.5, 0.6) is 0 Å². The van der Waals surface area contributed by atoms with Gasteiger partial charge < -0.3 is 14.7 Å². The summed E-state index contributed by atoms with van der Waals surface area (Å²) >= 11 is 5.92. The first kappa shape index (κ1) is 13.2. The average molecular weight is 270 g/mol. The molecule has 1 fully saturated rings. The van der Waals surface area contributed by atoms with Gasteiger partial charge >= 0.3 is 6.09 Å². The van der Waals surface area contributed by atoms with Crippen LogP contribution in [0, 0.1) is 0 Å². The van der Waals surface area contributed by atoms with E-state index in [2.05, 4.69) is 0 Å². The molecule has 0 aliphatic carbocycles. The third-order valence-electron chi connectivity index (χ3n) is 2.97. The van der Waals surface area contributed by atoms with Crippen LogP contribution in [0.3, 0.4) is 0 Å². The molecular formula is C13H16ClNO3. The topological polar surface area (TPSA) is 49.8 Å². The Bertz CT molecular complexity index is 398. The molecule has 0 aromatic heterocycles. The fraction of sp³-hybridized carbons (Fsp3) is 0.462. The van der Waals surface area contributed by atoms with Crippen molar-refractivity contribution in [2.45, 2.75) is 24.5 Å². The number of hydrogen-bond acceptors (Lipinski definition) is 3. The number of ether oxygens (including phenoxy) is 1.